The summed E-state index contributed by atoms with van der Waals surface area (Å²) in [5.74, 6) is -2.07. The summed E-state index contributed by atoms with van der Waals surface area (Å²) in [6.07, 6.45) is 5.33. The maximum Gasteiger partial charge on any atom is 0.326 e. The van der Waals surface area contributed by atoms with Crippen LogP contribution >= 0.6 is 0 Å². The van der Waals surface area contributed by atoms with Gasteiger partial charge in [0.25, 0.3) is 0 Å². The third-order valence-corrected chi connectivity index (χ3v) is 7.68. The van der Waals surface area contributed by atoms with Crippen LogP contribution in [0.2, 0.25) is 0 Å². The van der Waals surface area contributed by atoms with Crippen molar-refractivity contribution in [3.8, 4) is 0 Å². The van der Waals surface area contributed by atoms with Crippen LogP contribution in [0.3, 0.4) is 0 Å². The van der Waals surface area contributed by atoms with Crippen molar-refractivity contribution in [2.24, 2.45) is 16.2 Å². The van der Waals surface area contributed by atoms with Gasteiger partial charge in [0.15, 0.2) is 6.29 Å². The molecule has 6 rings (SSSR count). The van der Waals surface area contributed by atoms with Crippen molar-refractivity contribution in [3.05, 3.63) is 18.2 Å². The molecule has 5 aliphatic rings. The second kappa shape index (κ2) is 7.51. The van der Waals surface area contributed by atoms with E-state index in [9.17, 15) is 19.5 Å². The third-order valence-electron chi connectivity index (χ3n) is 7.68. The molecule has 5 heterocycles. The molecule has 11 nitrogen and oxygen atoms in total. The standard InChI is InChI=1S/C22H31N5O6/c1-20-8-21(2)10-22(3,9-20)19-32-17(20)27(18(21)33-19)7-15(29)24-6-14(28)26-13(16(30)31)4-12-5-23-11-25-12/h5,11,13,17-19H,4,6-10H2,1-3H3,(H,23,25)(H,24,29)(H,26,28)(H,30,31)/t13-,17?,18?,19?,20?,21?,22?/m0/s1. The van der Waals surface area contributed by atoms with Gasteiger partial charge in [0.1, 0.15) is 18.5 Å². The Morgan fingerprint density at radius 2 is 1.79 bits per heavy atom. The highest BCUT2D eigenvalue weighted by Gasteiger charge is 2.72. The lowest BCUT2D eigenvalue weighted by atomic mass is 9.48. The van der Waals surface area contributed by atoms with Gasteiger partial charge in [0.05, 0.1) is 19.4 Å². The minimum Gasteiger partial charge on any atom is -0.480 e. The number of amides is 2. The second-order valence-corrected chi connectivity index (χ2v) is 11.0. The SMILES string of the molecule is CC12CC3(C)CC(C)(C1)C1OC2OC3N1CC(=O)NCC(=O)N[C@@H](Cc1cnc[nH]1)C(=O)O. The minimum atomic E-state index is -1.16. The number of hydrogen-bond donors (Lipinski definition) is 4. The van der Waals surface area contributed by atoms with Gasteiger partial charge in [-0.3, -0.25) is 9.59 Å². The molecule has 1 saturated carbocycles. The number of imidazole rings is 1. The molecule has 6 bridgehead atoms. The number of nitrogens with zero attached hydrogens (tertiary/aromatic N) is 2. The smallest absolute Gasteiger partial charge is 0.326 e. The molecule has 5 fully saturated rings. The average molecular weight is 462 g/mol. The van der Waals surface area contributed by atoms with Gasteiger partial charge >= 0.3 is 5.97 Å². The number of carbonyl (C=O) groups excluding carboxylic acids is 2. The van der Waals surface area contributed by atoms with E-state index in [1.807, 2.05) is 4.90 Å². The largest absolute Gasteiger partial charge is 0.480 e. The summed E-state index contributed by atoms with van der Waals surface area (Å²) in [5.41, 5.74) is 0.472. The van der Waals surface area contributed by atoms with Crippen LogP contribution in [-0.4, -0.2) is 75.6 Å². The van der Waals surface area contributed by atoms with Crippen LogP contribution in [0.15, 0.2) is 12.5 Å². The lowest BCUT2D eigenvalue weighted by molar-refractivity contribution is -0.473. The van der Waals surface area contributed by atoms with E-state index in [0.29, 0.717) is 5.69 Å². The first-order valence-electron chi connectivity index (χ1n) is 11.3. The third kappa shape index (κ3) is 3.71. The Hall–Kier alpha value is -2.50. The van der Waals surface area contributed by atoms with Crippen molar-refractivity contribution in [1.29, 1.82) is 0 Å². The molecule has 1 aromatic heterocycles. The summed E-state index contributed by atoms with van der Waals surface area (Å²) in [4.78, 5) is 45.2. The van der Waals surface area contributed by atoms with Crippen molar-refractivity contribution < 1.29 is 29.0 Å². The zero-order valence-corrected chi connectivity index (χ0v) is 19.1. The summed E-state index contributed by atoms with van der Waals surface area (Å²) in [6.45, 7) is 6.43. The van der Waals surface area contributed by atoms with Crippen molar-refractivity contribution >= 4 is 17.8 Å². The van der Waals surface area contributed by atoms with E-state index < -0.39 is 17.9 Å². The van der Waals surface area contributed by atoms with Gasteiger partial charge in [0, 0.05) is 34.6 Å². The van der Waals surface area contributed by atoms with Crippen LogP contribution < -0.4 is 10.6 Å². The molecule has 0 radical (unpaired) electrons. The van der Waals surface area contributed by atoms with Gasteiger partial charge < -0.3 is 30.2 Å². The van der Waals surface area contributed by atoms with Gasteiger partial charge in [-0.1, -0.05) is 20.8 Å². The van der Waals surface area contributed by atoms with E-state index in [4.69, 9.17) is 9.47 Å². The lowest BCUT2D eigenvalue weighted by Crippen LogP contribution is -2.79. The van der Waals surface area contributed by atoms with Crippen LogP contribution in [0.4, 0.5) is 0 Å². The Morgan fingerprint density at radius 3 is 2.36 bits per heavy atom. The summed E-state index contributed by atoms with van der Waals surface area (Å²) in [6, 6.07) is -1.12. The Bertz CT molecular complexity index is 932. The zero-order valence-electron chi connectivity index (χ0n) is 19.1. The maximum absolute atomic E-state index is 12.7. The van der Waals surface area contributed by atoms with E-state index in [0.717, 1.165) is 19.3 Å². The Morgan fingerprint density at radius 1 is 1.15 bits per heavy atom. The van der Waals surface area contributed by atoms with Crippen LogP contribution in [-0.2, 0) is 30.3 Å². The number of hydrogen-bond acceptors (Lipinski definition) is 7. The van der Waals surface area contributed by atoms with E-state index in [2.05, 4.69) is 41.4 Å². The molecule has 5 atom stereocenters. The quantitative estimate of drug-likeness (QED) is 0.429. The Kier molecular flexibility index (Phi) is 5.07. The number of carboxylic acids is 1. The maximum atomic E-state index is 12.7. The van der Waals surface area contributed by atoms with E-state index in [1.54, 1.807) is 0 Å². The number of nitrogens with one attached hydrogen (secondary N) is 3. The van der Waals surface area contributed by atoms with Gasteiger partial charge in [-0.2, -0.15) is 0 Å². The average Bonchev–Trinajstić information content (AvgIpc) is 3.22. The molecule has 0 spiro atoms. The fourth-order valence-corrected chi connectivity index (χ4v) is 7.10. The minimum absolute atomic E-state index is 0.00193. The molecule has 4 saturated heterocycles. The molecule has 4 aliphatic heterocycles. The van der Waals surface area contributed by atoms with Crippen molar-refractivity contribution in [2.75, 3.05) is 13.1 Å². The predicted octanol–water partition coefficient (Wildman–Crippen LogP) is 0.195. The molecule has 180 valence electrons. The first kappa shape index (κ1) is 22.3. The number of aromatic amines is 1. The highest BCUT2D eigenvalue weighted by molar-refractivity contribution is 5.88. The molecule has 1 aliphatic carbocycles. The number of aromatic nitrogens is 2. The van der Waals surface area contributed by atoms with Gasteiger partial charge in [-0.05, 0) is 19.3 Å². The highest BCUT2D eigenvalue weighted by atomic mass is 16.7. The molecule has 11 heteroatoms. The van der Waals surface area contributed by atoms with E-state index in [1.165, 1.54) is 12.5 Å². The molecule has 4 unspecified atom stereocenters. The van der Waals surface area contributed by atoms with Crippen molar-refractivity contribution in [2.45, 2.75) is 71.2 Å². The number of carboxylic acid groups (broad SMARTS) is 1. The van der Waals surface area contributed by atoms with Crippen LogP contribution in [0.25, 0.3) is 0 Å². The monoisotopic (exact) mass is 461 g/mol. The Labute approximate surface area is 191 Å². The van der Waals surface area contributed by atoms with Crippen molar-refractivity contribution in [3.63, 3.8) is 0 Å². The molecule has 4 N–H and O–H groups in total. The second-order valence-electron chi connectivity index (χ2n) is 11.0. The number of carbonyl (C=O) groups is 3. The summed E-state index contributed by atoms with van der Waals surface area (Å²) >= 11 is 0. The van der Waals surface area contributed by atoms with Crippen LogP contribution in [0.1, 0.15) is 45.7 Å². The van der Waals surface area contributed by atoms with Crippen LogP contribution in [0.5, 0.6) is 0 Å². The van der Waals surface area contributed by atoms with Gasteiger partial charge in [0.2, 0.25) is 11.8 Å². The number of rotatable bonds is 8. The molecule has 33 heavy (non-hydrogen) atoms. The van der Waals surface area contributed by atoms with Crippen LogP contribution in [0, 0.1) is 16.2 Å². The number of H-pyrrole nitrogens is 1. The van der Waals surface area contributed by atoms with Crippen molar-refractivity contribution in [1.82, 2.24) is 25.5 Å². The highest BCUT2D eigenvalue weighted by Crippen LogP contribution is 2.69. The molecule has 2 amide bonds. The van der Waals surface area contributed by atoms with E-state index in [-0.39, 0.29) is 60.4 Å². The molecule has 1 aromatic rings. The summed E-state index contributed by atoms with van der Waals surface area (Å²) in [7, 11) is 0. The fourth-order valence-electron chi connectivity index (χ4n) is 7.10. The lowest BCUT2D eigenvalue weighted by Gasteiger charge is -2.73. The number of aliphatic carboxylic acids is 1. The molecular formula is C22H31N5O6. The summed E-state index contributed by atoms with van der Waals surface area (Å²) < 4.78 is 12.6. The normalized spacial score (nSPS) is 39.4. The predicted molar refractivity (Wildman–Crippen MR) is 113 cm³/mol. The summed E-state index contributed by atoms with van der Waals surface area (Å²) in [5, 5.41) is 14.4. The topological polar surface area (TPSA) is 146 Å². The first-order chi connectivity index (χ1) is 15.5. The van der Waals surface area contributed by atoms with Gasteiger partial charge in [-0.15, -0.1) is 0 Å². The van der Waals surface area contributed by atoms with Gasteiger partial charge in [-0.25, -0.2) is 14.7 Å². The van der Waals surface area contributed by atoms with E-state index >= 15 is 0 Å². The zero-order chi connectivity index (χ0) is 23.6. The molecule has 0 aromatic carbocycles. The fraction of sp³-hybridized carbons (Fsp3) is 0.727. The first-order valence-corrected chi connectivity index (χ1v) is 11.3. The molecular weight excluding hydrogens is 430 g/mol. The number of ether oxygens (including phenoxy) is 2. The number of piperidine rings is 1. The Balaban J connectivity index is 1.18.